The third kappa shape index (κ3) is 2.98. The fourth-order valence-corrected chi connectivity index (χ4v) is 2.57. The minimum atomic E-state index is -0.758. The van der Waals surface area contributed by atoms with Crippen molar-refractivity contribution in [2.45, 2.75) is 38.3 Å². The van der Waals surface area contributed by atoms with E-state index < -0.39 is 12.1 Å². The molecule has 0 bridgehead atoms. The summed E-state index contributed by atoms with van der Waals surface area (Å²) in [5.74, 6) is -0.666. The zero-order valence-corrected chi connectivity index (χ0v) is 11.9. The van der Waals surface area contributed by atoms with Crippen LogP contribution in [-0.2, 0) is 20.7 Å². The van der Waals surface area contributed by atoms with Gasteiger partial charge in [-0.2, -0.15) is 0 Å². The first-order valence-corrected chi connectivity index (χ1v) is 7.41. The van der Waals surface area contributed by atoms with Crippen LogP contribution >= 0.6 is 11.3 Å². The van der Waals surface area contributed by atoms with E-state index in [0.717, 1.165) is 17.8 Å². The maximum atomic E-state index is 11.8. The summed E-state index contributed by atoms with van der Waals surface area (Å²) in [7, 11) is 0. The molecule has 0 radical (unpaired) electrons. The number of carbonyl (C=O) groups excluding carboxylic acids is 2. The molecule has 0 aromatic carbocycles. The van der Waals surface area contributed by atoms with E-state index in [1.165, 1.54) is 11.3 Å². The number of rotatable bonds is 5. The number of aromatic nitrogens is 2. The first kappa shape index (κ1) is 13.1. The Balaban J connectivity index is 1.53. The first-order chi connectivity index (χ1) is 9.61. The van der Waals surface area contributed by atoms with E-state index in [2.05, 4.69) is 10.3 Å². The Morgan fingerprint density at radius 1 is 1.60 bits per heavy atom. The highest BCUT2D eigenvalue weighted by molar-refractivity contribution is 7.15. The van der Waals surface area contributed by atoms with Crippen LogP contribution in [0.3, 0.4) is 0 Å². The van der Waals surface area contributed by atoms with Crippen molar-refractivity contribution in [2.75, 3.05) is 0 Å². The molecule has 1 N–H and O–H groups in total. The van der Waals surface area contributed by atoms with Gasteiger partial charge in [-0.15, -0.1) is 11.3 Å². The van der Waals surface area contributed by atoms with Crippen molar-refractivity contribution in [3.8, 4) is 0 Å². The van der Waals surface area contributed by atoms with Crippen molar-refractivity contribution >= 4 is 28.2 Å². The van der Waals surface area contributed by atoms with Gasteiger partial charge in [0.15, 0.2) is 11.1 Å². The molecule has 7 heteroatoms. The van der Waals surface area contributed by atoms with Crippen LogP contribution in [0.5, 0.6) is 0 Å². The second kappa shape index (κ2) is 5.24. The average molecular weight is 293 g/mol. The Morgan fingerprint density at radius 2 is 2.40 bits per heavy atom. The molecule has 2 heterocycles. The highest BCUT2D eigenvalue weighted by atomic mass is 32.1. The molecule has 6 nitrogen and oxygen atoms in total. The minimum absolute atomic E-state index is 0.0788. The Morgan fingerprint density at radius 3 is 3.10 bits per heavy atom. The SMILES string of the molecule is C[C@@H](OC(=O)Cc1cn2ccsc2n1)C(=O)NC1CC1. The molecule has 1 atom stereocenters. The zero-order chi connectivity index (χ0) is 14.1. The van der Waals surface area contributed by atoms with Gasteiger partial charge >= 0.3 is 5.97 Å². The van der Waals surface area contributed by atoms with E-state index in [9.17, 15) is 9.59 Å². The second-order valence-corrected chi connectivity index (χ2v) is 5.79. The van der Waals surface area contributed by atoms with Crippen LogP contribution in [0, 0.1) is 0 Å². The maximum Gasteiger partial charge on any atom is 0.312 e. The van der Waals surface area contributed by atoms with Crippen molar-refractivity contribution < 1.29 is 14.3 Å². The van der Waals surface area contributed by atoms with Gasteiger partial charge in [0, 0.05) is 23.8 Å². The number of nitrogens with zero attached hydrogens (tertiary/aromatic N) is 2. The smallest absolute Gasteiger partial charge is 0.312 e. The monoisotopic (exact) mass is 293 g/mol. The summed E-state index contributed by atoms with van der Waals surface area (Å²) in [4.78, 5) is 28.6. The zero-order valence-electron chi connectivity index (χ0n) is 11.0. The molecule has 20 heavy (non-hydrogen) atoms. The van der Waals surface area contributed by atoms with Gasteiger partial charge in [-0.1, -0.05) is 0 Å². The van der Waals surface area contributed by atoms with E-state index in [4.69, 9.17) is 4.74 Å². The van der Waals surface area contributed by atoms with E-state index in [-0.39, 0.29) is 18.4 Å². The van der Waals surface area contributed by atoms with Gasteiger partial charge < -0.3 is 10.1 Å². The van der Waals surface area contributed by atoms with Crippen LogP contribution in [0.1, 0.15) is 25.5 Å². The topological polar surface area (TPSA) is 72.7 Å². The molecule has 0 saturated heterocycles. The summed E-state index contributed by atoms with van der Waals surface area (Å²) in [5.41, 5.74) is 0.650. The molecule has 2 aromatic heterocycles. The Kier molecular flexibility index (Phi) is 3.43. The lowest BCUT2D eigenvalue weighted by atomic mass is 10.3. The molecule has 0 spiro atoms. The van der Waals surface area contributed by atoms with Crippen molar-refractivity contribution in [2.24, 2.45) is 0 Å². The Bertz CT molecular complexity index is 616. The number of nitrogens with one attached hydrogen (secondary N) is 1. The number of hydrogen-bond acceptors (Lipinski definition) is 5. The Labute approximate surface area is 119 Å². The van der Waals surface area contributed by atoms with Crippen LogP contribution in [0.2, 0.25) is 0 Å². The quantitative estimate of drug-likeness (QED) is 0.839. The Hall–Kier alpha value is -1.89. The van der Waals surface area contributed by atoms with Gasteiger partial charge in [0.25, 0.3) is 5.91 Å². The van der Waals surface area contributed by atoms with Crippen molar-refractivity contribution in [3.63, 3.8) is 0 Å². The standard InChI is InChI=1S/C13H15N3O3S/c1-8(12(18)14-9-2-3-9)19-11(17)6-10-7-16-4-5-20-13(16)15-10/h4-5,7-9H,2-3,6H2,1H3,(H,14,18)/t8-/m1/s1. The van der Waals surface area contributed by atoms with Gasteiger partial charge in [0.1, 0.15) is 0 Å². The summed E-state index contributed by atoms with van der Waals surface area (Å²) in [6, 6.07) is 0.267. The maximum absolute atomic E-state index is 11.8. The molecule has 1 aliphatic carbocycles. The summed E-state index contributed by atoms with van der Waals surface area (Å²) in [6.07, 6.45) is 5.02. The van der Waals surface area contributed by atoms with Gasteiger partial charge in [-0.05, 0) is 19.8 Å². The van der Waals surface area contributed by atoms with E-state index in [1.807, 2.05) is 16.0 Å². The number of ether oxygens (including phenoxy) is 1. The number of thiazole rings is 1. The molecule has 0 unspecified atom stereocenters. The summed E-state index contributed by atoms with van der Waals surface area (Å²) in [6.45, 7) is 1.58. The average Bonchev–Trinajstić information content (AvgIpc) is 2.94. The summed E-state index contributed by atoms with van der Waals surface area (Å²) in [5, 5.41) is 4.73. The fraction of sp³-hybridized carbons (Fsp3) is 0.462. The number of hydrogen-bond donors (Lipinski definition) is 1. The highest BCUT2D eigenvalue weighted by Gasteiger charge is 2.27. The van der Waals surface area contributed by atoms with Crippen molar-refractivity contribution in [3.05, 3.63) is 23.5 Å². The van der Waals surface area contributed by atoms with Crippen LogP contribution < -0.4 is 5.32 Å². The number of carbonyl (C=O) groups is 2. The summed E-state index contributed by atoms with van der Waals surface area (Å²) < 4.78 is 6.98. The molecular weight excluding hydrogens is 278 g/mol. The lowest BCUT2D eigenvalue weighted by Gasteiger charge is -2.12. The predicted molar refractivity (Wildman–Crippen MR) is 73.5 cm³/mol. The molecule has 0 aliphatic heterocycles. The minimum Gasteiger partial charge on any atom is -0.452 e. The normalized spacial score (nSPS) is 16.1. The van der Waals surface area contributed by atoms with Crippen LogP contribution in [0.4, 0.5) is 0 Å². The molecule has 1 aliphatic rings. The third-order valence-electron chi connectivity index (χ3n) is 3.07. The molecule has 2 aromatic rings. The van der Waals surface area contributed by atoms with Gasteiger partial charge in [-0.25, -0.2) is 4.98 Å². The molecule has 3 rings (SSSR count). The van der Waals surface area contributed by atoms with Crippen LogP contribution in [0.25, 0.3) is 4.96 Å². The number of imidazole rings is 1. The molecule has 106 valence electrons. The molecular formula is C13H15N3O3S. The predicted octanol–water partition coefficient (Wildman–Crippen LogP) is 1.15. The highest BCUT2D eigenvalue weighted by Crippen LogP contribution is 2.19. The molecule has 1 fully saturated rings. The number of fused-ring (bicyclic) bond motifs is 1. The van der Waals surface area contributed by atoms with E-state index in [0.29, 0.717) is 5.69 Å². The van der Waals surface area contributed by atoms with E-state index in [1.54, 1.807) is 13.1 Å². The fourth-order valence-electron chi connectivity index (χ4n) is 1.85. The van der Waals surface area contributed by atoms with Crippen LogP contribution in [0.15, 0.2) is 17.8 Å². The third-order valence-corrected chi connectivity index (χ3v) is 3.84. The first-order valence-electron chi connectivity index (χ1n) is 6.53. The summed E-state index contributed by atoms with van der Waals surface area (Å²) >= 11 is 1.50. The lowest BCUT2D eigenvalue weighted by molar-refractivity contribution is -0.154. The number of esters is 1. The van der Waals surface area contributed by atoms with Crippen LogP contribution in [-0.4, -0.2) is 33.4 Å². The number of amides is 1. The largest absolute Gasteiger partial charge is 0.452 e. The van der Waals surface area contributed by atoms with E-state index >= 15 is 0 Å². The van der Waals surface area contributed by atoms with Gasteiger partial charge in [0.05, 0.1) is 12.1 Å². The second-order valence-electron chi connectivity index (χ2n) is 4.92. The molecule has 1 saturated carbocycles. The lowest BCUT2D eigenvalue weighted by Crippen LogP contribution is -2.37. The molecule has 1 amide bonds. The van der Waals surface area contributed by atoms with Gasteiger partial charge in [0.2, 0.25) is 0 Å². The van der Waals surface area contributed by atoms with Gasteiger partial charge in [-0.3, -0.25) is 14.0 Å². The van der Waals surface area contributed by atoms with Crippen molar-refractivity contribution in [1.29, 1.82) is 0 Å². The van der Waals surface area contributed by atoms with Crippen molar-refractivity contribution in [1.82, 2.24) is 14.7 Å².